The number of nitrogens with zero attached hydrogens (tertiary/aromatic N) is 3. The number of nitro benzene ring substituents is 1. The molecule has 2 aliphatic rings. The van der Waals surface area contributed by atoms with Crippen LogP contribution in [0.4, 0.5) is 5.69 Å². The molecule has 8 aromatic rings. The van der Waals surface area contributed by atoms with Crippen LogP contribution in [0.5, 0.6) is 23.0 Å². The van der Waals surface area contributed by atoms with Gasteiger partial charge in [-0.1, -0.05) is 48.5 Å². The molecule has 0 aliphatic carbocycles. The monoisotopic (exact) mass is 813 g/mol. The Bertz CT molecular complexity index is 3280. The Morgan fingerprint density at radius 1 is 0.484 bits per heavy atom. The smallest absolute Gasteiger partial charge is 0.269 e. The van der Waals surface area contributed by atoms with Gasteiger partial charge in [-0.25, -0.2) is 9.97 Å². The fourth-order valence-corrected chi connectivity index (χ4v) is 8.03. The molecule has 0 saturated heterocycles. The van der Waals surface area contributed by atoms with Crippen LogP contribution in [0.25, 0.3) is 90.9 Å². The Balaban J connectivity index is 1.27. The summed E-state index contributed by atoms with van der Waals surface area (Å²) < 4.78 is 6.24. The molecule has 5 aromatic carbocycles. The van der Waals surface area contributed by atoms with Gasteiger partial charge < -0.3 is 30.0 Å². The number of fused-ring (bicyclic) bond motifs is 8. The first-order chi connectivity index (χ1) is 30.2. The lowest BCUT2D eigenvalue weighted by atomic mass is 10.0. The van der Waals surface area contributed by atoms with Crippen molar-refractivity contribution in [3.63, 3.8) is 0 Å². The summed E-state index contributed by atoms with van der Waals surface area (Å²) in [7, 11) is 0. The van der Waals surface area contributed by atoms with Gasteiger partial charge in [0, 0.05) is 56.5 Å². The Labute approximate surface area is 354 Å². The number of nitro groups is 1. The van der Waals surface area contributed by atoms with Gasteiger partial charge in [0.15, 0.2) is 0 Å². The number of H-pyrrole nitrogens is 2. The Hall–Kier alpha value is -8.70. The Morgan fingerprint density at radius 2 is 0.855 bits per heavy atom. The predicted molar refractivity (Wildman–Crippen MR) is 243 cm³/mol. The molecular weight excluding hydrogens is 779 g/mol. The highest BCUT2D eigenvalue weighted by atomic mass is 16.6. The van der Waals surface area contributed by atoms with E-state index in [2.05, 4.69) is 9.97 Å². The van der Waals surface area contributed by atoms with Crippen LogP contribution in [0.2, 0.25) is 0 Å². The number of non-ortho nitro benzene ring substituents is 1. The number of phenols is 3. The number of aromatic hydroxyl groups is 3. The number of aromatic amines is 2. The van der Waals surface area contributed by atoms with Crippen LogP contribution in [0, 0.1) is 10.1 Å². The number of hydrogen-bond acceptors (Lipinski definition) is 8. The van der Waals surface area contributed by atoms with Crippen LogP contribution >= 0.6 is 0 Å². The van der Waals surface area contributed by atoms with Crippen LogP contribution in [0.1, 0.15) is 28.3 Å². The maximum Gasteiger partial charge on any atom is 0.269 e. The average molecular weight is 814 g/mol. The zero-order chi connectivity index (χ0) is 42.3. The molecule has 0 spiro atoms. The first kappa shape index (κ1) is 37.6. The van der Waals surface area contributed by atoms with Gasteiger partial charge in [0.05, 0.1) is 27.7 Å². The summed E-state index contributed by atoms with van der Waals surface area (Å²) in [5.41, 5.74) is 12.5. The molecule has 0 atom stereocenters. The molecule has 11 nitrogen and oxygen atoms in total. The minimum Gasteiger partial charge on any atom is -0.508 e. The van der Waals surface area contributed by atoms with E-state index in [4.69, 9.17) is 14.7 Å². The summed E-state index contributed by atoms with van der Waals surface area (Å²) >= 11 is 0. The Kier molecular flexibility index (Phi) is 9.38. The standard InChI is InChI=1S/C51H35N5O6/c57-36-9-1-5-31(25-36)48-40-17-19-42(52-40)49(32-6-2-10-37(58)26-32)44-21-23-46(54-44)51(34-8-4-12-39(28-34)62-29-30-13-15-35(16-14-30)56(60)61)47-24-22-45(55-47)50(43-20-18-41(48)53-43)33-7-3-11-38(59)27-33/h1-28,52,55,57-59H,29H2. The molecule has 3 aromatic heterocycles. The lowest BCUT2D eigenvalue weighted by molar-refractivity contribution is -0.384. The number of nitrogens with one attached hydrogen (secondary N) is 2. The summed E-state index contributed by atoms with van der Waals surface area (Å²) in [6, 6.07) is 43.1. The van der Waals surface area contributed by atoms with Gasteiger partial charge in [0.25, 0.3) is 5.69 Å². The van der Waals surface area contributed by atoms with Gasteiger partial charge in [-0.05, 0) is 137 Å². The molecule has 0 radical (unpaired) electrons. The van der Waals surface area contributed by atoms with Gasteiger partial charge >= 0.3 is 0 Å². The van der Waals surface area contributed by atoms with E-state index in [-0.39, 0.29) is 29.5 Å². The first-order valence-corrected chi connectivity index (χ1v) is 19.7. The summed E-state index contributed by atoms with van der Waals surface area (Å²) in [6.45, 7) is 0.198. The fraction of sp³-hybridized carbons (Fsp3) is 0.0196. The van der Waals surface area contributed by atoms with Crippen molar-refractivity contribution in [3.05, 3.63) is 184 Å². The number of aromatic nitrogens is 4. The van der Waals surface area contributed by atoms with Crippen molar-refractivity contribution in [1.29, 1.82) is 0 Å². The quantitative estimate of drug-likeness (QED) is 0.0745. The van der Waals surface area contributed by atoms with Crippen molar-refractivity contribution < 1.29 is 25.0 Å². The molecule has 0 unspecified atom stereocenters. The molecular formula is C51H35N5O6. The summed E-state index contributed by atoms with van der Waals surface area (Å²) in [5, 5.41) is 43.3. The van der Waals surface area contributed by atoms with E-state index in [1.807, 2.05) is 91.0 Å². The number of ether oxygens (including phenoxy) is 1. The van der Waals surface area contributed by atoms with Crippen LogP contribution in [0.15, 0.2) is 146 Å². The fourth-order valence-electron chi connectivity index (χ4n) is 8.03. The average Bonchev–Trinajstić information content (AvgIpc) is 4.12. The van der Waals surface area contributed by atoms with E-state index in [1.54, 1.807) is 66.7 Å². The number of phenolic OH excluding ortho intramolecular Hbond substituents is 3. The van der Waals surface area contributed by atoms with Crippen LogP contribution in [-0.2, 0) is 6.61 Å². The van der Waals surface area contributed by atoms with E-state index in [9.17, 15) is 25.4 Å². The van der Waals surface area contributed by atoms with Gasteiger partial charge in [-0.2, -0.15) is 0 Å². The topological polar surface area (TPSA) is 170 Å². The third-order valence-electron chi connectivity index (χ3n) is 10.8. The third kappa shape index (κ3) is 7.20. The van der Waals surface area contributed by atoms with E-state index < -0.39 is 4.92 Å². The highest BCUT2D eigenvalue weighted by Gasteiger charge is 2.20. The molecule has 300 valence electrons. The van der Waals surface area contributed by atoms with Crippen LogP contribution in [-0.4, -0.2) is 40.2 Å². The zero-order valence-corrected chi connectivity index (χ0v) is 32.8. The van der Waals surface area contributed by atoms with Crippen molar-refractivity contribution in [2.24, 2.45) is 0 Å². The maximum atomic E-state index is 11.2. The summed E-state index contributed by atoms with van der Waals surface area (Å²) in [5.74, 6) is 0.915. The van der Waals surface area contributed by atoms with E-state index in [0.29, 0.717) is 28.5 Å². The van der Waals surface area contributed by atoms with Crippen molar-refractivity contribution in [2.75, 3.05) is 0 Å². The van der Waals surface area contributed by atoms with E-state index in [0.717, 1.165) is 72.1 Å². The van der Waals surface area contributed by atoms with Crippen LogP contribution in [0.3, 0.4) is 0 Å². The number of benzene rings is 5. The summed E-state index contributed by atoms with van der Waals surface area (Å²) in [6.07, 6.45) is 7.82. The molecule has 0 saturated carbocycles. The second-order valence-corrected chi connectivity index (χ2v) is 14.9. The third-order valence-corrected chi connectivity index (χ3v) is 10.8. The molecule has 11 heteroatoms. The molecule has 62 heavy (non-hydrogen) atoms. The minimum atomic E-state index is -0.430. The Morgan fingerprint density at radius 3 is 1.23 bits per heavy atom. The van der Waals surface area contributed by atoms with Gasteiger partial charge in [-0.3, -0.25) is 10.1 Å². The van der Waals surface area contributed by atoms with E-state index in [1.165, 1.54) is 12.1 Å². The van der Waals surface area contributed by atoms with Crippen LogP contribution < -0.4 is 4.74 Å². The van der Waals surface area contributed by atoms with Crippen molar-refractivity contribution in [2.45, 2.75) is 6.61 Å². The maximum absolute atomic E-state index is 11.2. The molecule has 5 N–H and O–H groups in total. The number of hydrogen-bond donors (Lipinski definition) is 5. The van der Waals surface area contributed by atoms with Crippen molar-refractivity contribution in [1.82, 2.24) is 19.9 Å². The largest absolute Gasteiger partial charge is 0.508 e. The number of rotatable bonds is 8. The van der Waals surface area contributed by atoms with Crippen molar-refractivity contribution >= 4 is 52.1 Å². The predicted octanol–water partition coefficient (Wildman–Crippen LogP) is 11.9. The second-order valence-electron chi connectivity index (χ2n) is 14.9. The first-order valence-electron chi connectivity index (χ1n) is 19.7. The van der Waals surface area contributed by atoms with Gasteiger partial charge in [-0.15, -0.1) is 0 Å². The molecule has 5 heterocycles. The SMILES string of the molecule is O=[N+]([O-])c1ccc(COc2cccc(-c3c4nc(c(-c5cccc(O)c5)c5ccc([nH]5)c(-c5cccc(O)c5)c5nc(c(-c6cccc(O)c6)c6ccc3[nH]6)C=C5)C=C4)c2)cc1. The highest BCUT2D eigenvalue weighted by molar-refractivity contribution is 6.00. The summed E-state index contributed by atoms with van der Waals surface area (Å²) in [4.78, 5) is 28.7. The molecule has 10 rings (SSSR count). The lowest BCUT2D eigenvalue weighted by Crippen LogP contribution is -1.96. The minimum absolute atomic E-state index is 0.00990. The second kappa shape index (κ2) is 15.5. The zero-order valence-electron chi connectivity index (χ0n) is 32.8. The molecule has 2 aliphatic heterocycles. The molecule has 8 bridgehead atoms. The lowest BCUT2D eigenvalue weighted by Gasteiger charge is -2.10. The normalized spacial score (nSPS) is 11.8. The van der Waals surface area contributed by atoms with Gasteiger partial charge in [0.2, 0.25) is 0 Å². The highest BCUT2D eigenvalue weighted by Crippen LogP contribution is 2.40. The van der Waals surface area contributed by atoms with Crippen molar-refractivity contribution in [3.8, 4) is 67.5 Å². The molecule has 0 amide bonds. The molecule has 0 fully saturated rings. The van der Waals surface area contributed by atoms with E-state index >= 15 is 0 Å². The van der Waals surface area contributed by atoms with Gasteiger partial charge in [0.1, 0.15) is 29.6 Å².